The van der Waals surface area contributed by atoms with Gasteiger partial charge in [-0.3, -0.25) is 4.79 Å². The van der Waals surface area contributed by atoms with Crippen molar-refractivity contribution in [2.75, 3.05) is 19.7 Å². The average molecular weight is 288 g/mol. The standard InChI is InChI=1S/C16H17FN2O2/c1-3-19(11-12(2)10-18)16(21)15-9-14(17)7-6-13(15)5-4-8-20/h6-7,9,12,20H,3,8,11H2,1-2H3. The highest BCUT2D eigenvalue weighted by Crippen LogP contribution is 2.14. The third-order valence-electron chi connectivity index (χ3n) is 2.90. The van der Waals surface area contributed by atoms with Crippen LogP contribution < -0.4 is 0 Å². The van der Waals surface area contributed by atoms with E-state index in [1.165, 1.54) is 17.0 Å². The first kappa shape index (κ1) is 16.7. The van der Waals surface area contributed by atoms with Crippen LogP contribution in [0.4, 0.5) is 4.39 Å². The van der Waals surface area contributed by atoms with Crippen molar-refractivity contribution < 1.29 is 14.3 Å². The Bertz CT molecular complexity index is 611. The second-order valence-electron chi connectivity index (χ2n) is 4.52. The molecule has 110 valence electrons. The molecule has 0 aromatic heterocycles. The lowest BCUT2D eigenvalue weighted by atomic mass is 10.1. The van der Waals surface area contributed by atoms with E-state index in [1.54, 1.807) is 13.8 Å². The van der Waals surface area contributed by atoms with Crippen LogP contribution in [-0.4, -0.2) is 35.6 Å². The van der Waals surface area contributed by atoms with Gasteiger partial charge in [0.15, 0.2) is 0 Å². The number of carbonyl (C=O) groups is 1. The Morgan fingerprint density at radius 2 is 2.24 bits per heavy atom. The average Bonchev–Trinajstić information content (AvgIpc) is 2.50. The number of hydrogen-bond donors (Lipinski definition) is 1. The summed E-state index contributed by atoms with van der Waals surface area (Å²) in [6, 6.07) is 5.82. The summed E-state index contributed by atoms with van der Waals surface area (Å²) in [6.45, 7) is 3.85. The summed E-state index contributed by atoms with van der Waals surface area (Å²) in [7, 11) is 0. The maximum absolute atomic E-state index is 13.4. The van der Waals surface area contributed by atoms with Gasteiger partial charge in [0.2, 0.25) is 0 Å². The number of benzene rings is 1. The number of halogens is 1. The van der Waals surface area contributed by atoms with Gasteiger partial charge in [-0.25, -0.2) is 4.39 Å². The van der Waals surface area contributed by atoms with Crippen molar-refractivity contribution in [3.63, 3.8) is 0 Å². The number of aliphatic hydroxyl groups is 1. The van der Waals surface area contributed by atoms with E-state index in [1.807, 2.05) is 0 Å². The van der Waals surface area contributed by atoms with Crippen LogP contribution in [0, 0.1) is 34.9 Å². The molecule has 1 atom stereocenters. The van der Waals surface area contributed by atoms with Crippen molar-refractivity contribution in [2.45, 2.75) is 13.8 Å². The molecule has 0 aliphatic heterocycles. The van der Waals surface area contributed by atoms with Crippen LogP contribution in [0.2, 0.25) is 0 Å². The molecule has 1 aromatic rings. The van der Waals surface area contributed by atoms with E-state index in [0.29, 0.717) is 12.1 Å². The number of carbonyl (C=O) groups excluding carboxylic acids is 1. The van der Waals surface area contributed by atoms with Gasteiger partial charge in [-0.15, -0.1) is 0 Å². The molecular weight excluding hydrogens is 271 g/mol. The molecule has 4 nitrogen and oxygen atoms in total. The molecule has 0 saturated heterocycles. The normalized spacial score (nSPS) is 11.0. The summed E-state index contributed by atoms with van der Waals surface area (Å²) < 4.78 is 13.4. The Morgan fingerprint density at radius 3 is 2.81 bits per heavy atom. The van der Waals surface area contributed by atoms with Crippen LogP contribution in [0.3, 0.4) is 0 Å². The summed E-state index contributed by atoms with van der Waals surface area (Å²) >= 11 is 0. The van der Waals surface area contributed by atoms with Gasteiger partial charge in [-0.1, -0.05) is 11.8 Å². The molecule has 0 spiro atoms. The van der Waals surface area contributed by atoms with E-state index in [4.69, 9.17) is 10.4 Å². The molecule has 1 aromatic carbocycles. The van der Waals surface area contributed by atoms with E-state index >= 15 is 0 Å². The predicted molar refractivity (Wildman–Crippen MR) is 76.7 cm³/mol. The van der Waals surface area contributed by atoms with Gasteiger partial charge >= 0.3 is 0 Å². The number of rotatable bonds is 4. The first-order chi connectivity index (χ1) is 10.0. The zero-order valence-corrected chi connectivity index (χ0v) is 12.1. The minimum atomic E-state index is -0.530. The van der Waals surface area contributed by atoms with Gasteiger partial charge in [-0.2, -0.15) is 5.26 Å². The summed E-state index contributed by atoms with van der Waals surface area (Å²) in [4.78, 5) is 14.0. The topological polar surface area (TPSA) is 64.3 Å². The molecule has 0 bridgehead atoms. The van der Waals surface area contributed by atoms with Crippen LogP contribution in [0.25, 0.3) is 0 Å². The molecule has 1 N–H and O–H groups in total. The SMILES string of the molecule is CCN(CC(C)C#N)C(=O)c1cc(F)ccc1C#CCO. The molecule has 0 saturated carbocycles. The Balaban J connectivity index is 3.15. The van der Waals surface area contributed by atoms with E-state index in [9.17, 15) is 9.18 Å². The first-order valence-electron chi connectivity index (χ1n) is 6.61. The van der Waals surface area contributed by atoms with Crippen LogP contribution in [0.1, 0.15) is 29.8 Å². The van der Waals surface area contributed by atoms with E-state index in [2.05, 4.69) is 17.9 Å². The summed E-state index contributed by atoms with van der Waals surface area (Å²) in [5.74, 6) is 3.87. The lowest BCUT2D eigenvalue weighted by Gasteiger charge is -2.22. The zero-order valence-electron chi connectivity index (χ0n) is 12.1. The number of aliphatic hydroxyl groups excluding tert-OH is 1. The predicted octanol–water partition coefficient (Wildman–Crippen LogP) is 1.79. The molecule has 0 aliphatic rings. The molecule has 0 heterocycles. The number of nitriles is 1. The molecular formula is C16H17FN2O2. The maximum Gasteiger partial charge on any atom is 0.255 e. The van der Waals surface area contributed by atoms with Crippen LogP contribution >= 0.6 is 0 Å². The van der Waals surface area contributed by atoms with E-state index < -0.39 is 5.82 Å². The smallest absolute Gasteiger partial charge is 0.255 e. The third kappa shape index (κ3) is 4.59. The summed E-state index contributed by atoms with van der Waals surface area (Å²) in [5.41, 5.74) is 0.501. The Hall–Kier alpha value is -2.37. The first-order valence-corrected chi connectivity index (χ1v) is 6.61. The number of hydrogen-bond acceptors (Lipinski definition) is 3. The third-order valence-corrected chi connectivity index (χ3v) is 2.90. The van der Waals surface area contributed by atoms with Gasteiger partial charge in [0.25, 0.3) is 5.91 Å². The van der Waals surface area contributed by atoms with Crippen molar-refractivity contribution in [1.29, 1.82) is 5.26 Å². The van der Waals surface area contributed by atoms with Crippen molar-refractivity contribution in [3.05, 3.63) is 35.1 Å². The second kappa shape index (κ2) is 8.04. The molecule has 21 heavy (non-hydrogen) atoms. The minimum absolute atomic E-state index is 0.142. The fourth-order valence-corrected chi connectivity index (χ4v) is 1.83. The molecule has 1 amide bonds. The number of amides is 1. The van der Waals surface area contributed by atoms with Crippen LogP contribution in [-0.2, 0) is 0 Å². The van der Waals surface area contributed by atoms with E-state index in [0.717, 1.165) is 6.07 Å². The minimum Gasteiger partial charge on any atom is -0.384 e. The molecule has 0 fully saturated rings. The van der Waals surface area contributed by atoms with Gasteiger partial charge in [0, 0.05) is 18.7 Å². The van der Waals surface area contributed by atoms with Crippen molar-refractivity contribution >= 4 is 5.91 Å². The molecule has 1 unspecified atom stereocenters. The Morgan fingerprint density at radius 1 is 1.52 bits per heavy atom. The lowest BCUT2D eigenvalue weighted by Crippen LogP contribution is -2.34. The largest absolute Gasteiger partial charge is 0.384 e. The van der Waals surface area contributed by atoms with Gasteiger partial charge < -0.3 is 10.0 Å². The highest BCUT2D eigenvalue weighted by molar-refractivity contribution is 5.96. The van der Waals surface area contributed by atoms with Crippen LogP contribution in [0.5, 0.6) is 0 Å². The molecule has 5 heteroatoms. The molecule has 0 aliphatic carbocycles. The Kier molecular flexibility index (Phi) is 6.39. The maximum atomic E-state index is 13.4. The van der Waals surface area contributed by atoms with Gasteiger partial charge in [0.05, 0.1) is 17.6 Å². The van der Waals surface area contributed by atoms with Crippen LogP contribution in [0.15, 0.2) is 18.2 Å². The fourth-order valence-electron chi connectivity index (χ4n) is 1.83. The highest BCUT2D eigenvalue weighted by atomic mass is 19.1. The van der Waals surface area contributed by atoms with Gasteiger partial charge in [-0.05, 0) is 32.0 Å². The Labute approximate surface area is 123 Å². The lowest BCUT2D eigenvalue weighted by molar-refractivity contribution is 0.0752. The zero-order chi connectivity index (χ0) is 15.8. The van der Waals surface area contributed by atoms with Crippen molar-refractivity contribution in [2.24, 2.45) is 5.92 Å². The van der Waals surface area contributed by atoms with Crippen molar-refractivity contribution in [1.82, 2.24) is 4.90 Å². The fraction of sp³-hybridized carbons (Fsp3) is 0.375. The number of nitrogens with zero attached hydrogens (tertiary/aromatic N) is 2. The summed E-state index contributed by atoms with van der Waals surface area (Å²) in [5, 5.41) is 17.6. The monoisotopic (exact) mass is 288 g/mol. The highest BCUT2D eigenvalue weighted by Gasteiger charge is 2.19. The van der Waals surface area contributed by atoms with Crippen molar-refractivity contribution in [3.8, 4) is 17.9 Å². The quantitative estimate of drug-likeness (QED) is 0.859. The van der Waals surface area contributed by atoms with Gasteiger partial charge in [0.1, 0.15) is 12.4 Å². The second-order valence-corrected chi connectivity index (χ2v) is 4.52. The molecule has 1 rings (SSSR count). The van der Waals surface area contributed by atoms with E-state index in [-0.39, 0.29) is 30.5 Å². The summed E-state index contributed by atoms with van der Waals surface area (Å²) in [6.07, 6.45) is 0. The molecule has 0 radical (unpaired) electrons.